The van der Waals surface area contributed by atoms with Crippen LogP contribution in [0.15, 0.2) is 67.5 Å². The van der Waals surface area contributed by atoms with E-state index in [1.165, 1.54) is 12.4 Å². The van der Waals surface area contributed by atoms with E-state index in [1.54, 1.807) is 4.90 Å². The van der Waals surface area contributed by atoms with Crippen molar-refractivity contribution in [2.24, 2.45) is 0 Å². The number of nitrogens with one attached hydrogen (secondary N) is 1. The molecule has 188 valence electrons. The fraction of sp³-hybridized carbons (Fsp3) is 0.250. The smallest absolute Gasteiger partial charge is 0.251 e. The number of aryl methyl sites for hydroxylation is 1. The molecule has 9 nitrogen and oxygen atoms in total. The number of carbonyl (C=O) groups excluding carboxylic acids is 2. The molecule has 0 radical (unpaired) electrons. The van der Waals surface area contributed by atoms with E-state index in [0.29, 0.717) is 47.7 Å². The molecule has 2 aromatic heterocycles. The Bertz CT molecular complexity index is 1460. The Balaban J connectivity index is 1.39. The molecule has 4 aromatic rings. The van der Waals surface area contributed by atoms with Crippen LogP contribution in [0.3, 0.4) is 0 Å². The van der Waals surface area contributed by atoms with Gasteiger partial charge >= 0.3 is 0 Å². The molecular weight excluding hydrogens is 466 g/mol. The highest BCUT2D eigenvalue weighted by atomic mass is 16.2. The Morgan fingerprint density at radius 2 is 1.89 bits per heavy atom. The zero-order chi connectivity index (χ0) is 25.9. The Morgan fingerprint density at radius 3 is 2.62 bits per heavy atom. The van der Waals surface area contributed by atoms with Crippen molar-refractivity contribution in [3.05, 3.63) is 84.2 Å². The molecule has 3 heterocycles. The number of amides is 2. The third-order valence-corrected chi connectivity index (χ3v) is 6.74. The molecule has 9 heteroatoms. The molecule has 3 N–H and O–H groups in total. The van der Waals surface area contributed by atoms with E-state index in [4.69, 9.17) is 10.8 Å². The molecule has 0 saturated carbocycles. The van der Waals surface area contributed by atoms with Gasteiger partial charge in [0.25, 0.3) is 5.91 Å². The van der Waals surface area contributed by atoms with Gasteiger partial charge in [-0.15, -0.1) is 0 Å². The summed E-state index contributed by atoms with van der Waals surface area (Å²) in [6, 6.07) is 15.3. The number of aromatic nitrogens is 4. The maximum Gasteiger partial charge on any atom is 0.251 e. The number of rotatable bonds is 6. The molecule has 2 aromatic carbocycles. The molecule has 1 aliphatic rings. The summed E-state index contributed by atoms with van der Waals surface area (Å²) in [6.45, 7) is 7.24. The third-order valence-electron chi connectivity index (χ3n) is 6.74. The summed E-state index contributed by atoms with van der Waals surface area (Å²) in [6.07, 6.45) is 4.53. The van der Waals surface area contributed by atoms with Gasteiger partial charge in [0.05, 0.1) is 11.4 Å². The number of piperidine rings is 1. The second kappa shape index (κ2) is 10.2. The predicted octanol–water partition coefficient (Wildman–Crippen LogP) is 3.66. The minimum atomic E-state index is -0.116. The number of fused-ring (bicyclic) bond motifs is 1. The second-order valence-electron chi connectivity index (χ2n) is 9.28. The van der Waals surface area contributed by atoms with Crippen LogP contribution >= 0.6 is 0 Å². The standard InChI is InChI=1S/C28H29N7O2/c1-3-23(36)34-14-4-5-22(16-34)35-27-24(26(29)31-17-32-27)25(33-35)20-12-8-19(9-13-20)15-30-28(37)21-10-6-18(2)7-11-21/h3,6-13,17,22H,1,4-5,14-16H2,2H3,(H,30,37)(H2,29,31,32)/t22-/m1/s1. The number of nitrogens with two attached hydrogens (primary N) is 1. The Morgan fingerprint density at radius 1 is 1.14 bits per heavy atom. The summed E-state index contributed by atoms with van der Waals surface area (Å²) >= 11 is 0. The first-order valence-electron chi connectivity index (χ1n) is 12.3. The lowest BCUT2D eigenvalue weighted by Gasteiger charge is -2.32. The van der Waals surface area contributed by atoms with Gasteiger partial charge in [-0.3, -0.25) is 9.59 Å². The molecule has 2 amide bonds. The van der Waals surface area contributed by atoms with Crippen molar-refractivity contribution in [3.8, 4) is 11.3 Å². The number of carbonyl (C=O) groups is 2. The van der Waals surface area contributed by atoms with Gasteiger partial charge in [-0.05, 0) is 43.5 Å². The van der Waals surface area contributed by atoms with Gasteiger partial charge in [-0.1, -0.05) is 48.5 Å². The van der Waals surface area contributed by atoms with Crippen molar-refractivity contribution in [2.75, 3.05) is 18.8 Å². The number of likely N-dealkylation sites (tertiary alicyclic amines) is 1. The van der Waals surface area contributed by atoms with Crippen LogP contribution < -0.4 is 11.1 Å². The molecule has 37 heavy (non-hydrogen) atoms. The van der Waals surface area contributed by atoms with Crippen LogP contribution in [0.1, 0.15) is 40.4 Å². The summed E-state index contributed by atoms with van der Waals surface area (Å²) in [5, 5.41) is 8.56. The molecule has 0 bridgehead atoms. The van der Waals surface area contributed by atoms with Crippen molar-refractivity contribution in [1.82, 2.24) is 30.0 Å². The summed E-state index contributed by atoms with van der Waals surface area (Å²) in [4.78, 5) is 35.2. The number of hydrogen-bond acceptors (Lipinski definition) is 6. The maximum atomic E-state index is 12.5. The van der Waals surface area contributed by atoms with Crippen LogP contribution in [0.4, 0.5) is 5.82 Å². The SMILES string of the molecule is C=CC(=O)N1CCC[C@@H](n2nc(-c3ccc(CNC(=O)c4ccc(C)cc4)cc3)c3c(N)ncnc32)C1. The van der Waals surface area contributed by atoms with Crippen molar-refractivity contribution < 1.29 is 9.59 Å². The number of nitrogen functional groups attached to an aromatic ring is 1. The molecule has 5 rings (SSSR count). The summed E-state index contributed by atoms with van der Waals surface area (Å²) in [7, 11) is 0. The van der Waals surface area contributed by atoms with Gasteiger partial charge in [0.1, 0.15) is 17.8 Å². The van der Waals surface area contributed by atoms with Gasteiger partial charge in [0.15, 0.2) is 5.65 Å². The monoisotopic (exact) mass is 495 g/mol. The first-order valence-corrected chi connectivity index (χ1v) is 12.3. The zero-order valence-electron chi connectivity index (χ0n) is 20.7. The summed E-state index contributed by atoms with van der Waals surface area (Å²) < 4.78 is 1.88. The van der Waals surface area contributed by atoms with Crippen molar-refractivity contribution in [2.45, 2.75) is 32.4 Å². The fourth-order valence-electron chi connectivity index (χ4n) is 4.71. The van der Waals surface area contributed by atoms with Crippen LogP contribution in [0, 0.1) is 6.92 Å². The third kappa shape index (κ3) is 4.93. The predicted molar refractivity (Wildman–Crippen MR) is 143 cm³/mol. The van der Waals surface area contributed by atoms with E-state index in [-0.39, 0.29) is 17.9 Å². The molecule has 1 saturated heterocycles. The highest BCUT2D eigenvalue weighted by Crippen LogP contribution is 2.33. The van der Waals surface area contributed by atoms with Gasteiger partial charge in [0.2, 0.25) is 5.91 Å². The van der Waals surface area contributed by atoms with Crippen molar-refractivity contribution >= 4 is 28.7 Å². The number of anilines is 1. The van der Waals surface area contributed by atoms with Crippen LogP contribution in [0.5, 0.6) is 0 Å². The van der Waals surface area contributed by atoms with Crippen molar-refractivity contribution in [1.29, 1.82) is 0 Å². The lowest BCUT2D eigenvalue weighted by Crippen LogP contribution is -2.40. The van der Waals surface area contributed by atoms with E-state index in [0.717, 1.165) is 29.5 Å². The first kappa shape index (κ1) is 24.2. The van der Waals surface area contributed by atoms with E-state index in [9.17, 15) is 9.59 Å². The van der Waals surface area contributed by atoms with Gasteiger partial charge < -0.3 is 16.0 Å². The highest BCUT2D eigenvalue weighted by Gasteiger charge is 2.28. The number of benzene rings is 2. The average molecular weight is 496 g/mol. The van der Waals surface area contributed by atoms with Crippen molar-refractivity contribution in [3.63, 3.8) is 0 Å². The van der Waals surface area contributed by atoms with E-state index in [2.05, 4.69) is 21.9 Å². The quantitative estimate of drug-likeness (QED) is 0.394. The lowest BCUT2D eigenvalue weighted by molar-refractivity contribution is -0.127. The van der Waals surface area contributed by atoms with Crippen LogP contribution in [0.25, 0.3) is 22.3 Å². The van der Waals surface area contributed by atoms with E-state index in [1.807, 2.05) is 60.1 Å². The van der Waals surface area contributed by atoms with E-state index >= 15 is 0 Å². The van der Waals surface area contributed by atoms with Gasteiger partial charge in [0, 0.05) is 30.8 Å². The van der Waals surface area contributed by atoms with E-state index < -0.39 is 0 Å². The molecular formula is C28H29N7O2. The fourth-order valence-corrected chi connectivity index (χ4v) is 4.71. The largest absolute Gasteiger partial charge is 0.383 e. The number of nitrogens with zero attached hydrogens (tertiary/aromatic N) is 5. The van der Waals surface area contributed by atoms with Gasteiger partial charge in [-0.2, -0.15) is 5.10 Å². The minimum absolute atomic E-state index is 0.0283. The topological polar surface area (TPSA) is 119 Å². The normalized spacial score (nSPS) is 15.5. The first-order chi connectivity index (χ1) is 17.9. The summed E-state index contributed by atoms with van der Waals surface area (Å²) in [5.41, 5.74) is 11.2. The Labute approximate surface area is 215 Å². The highest BCUT2D eigenvalue weighted by molar-refractivity contribution is 5.98. The Hall–Kier alpha value is -4.53. The summed E-state index contributed by atoms with van der Waals surface area (Å²) in [5.74, 6) is 0.159. The molecule has 1 aliphatic heterocycles. The maximum absolute atomic E-state index is 12.5. The Kier molecular flexibility index (Phi) is 6.68. The molecule has 0 spiro atoms. The zero-order valence-corrected chi connectivity index (χ0v) is 20.7. The lowest BCUT2D eigenvalue weighted by atomic mass is 10.1. The molecule has 1 atom stereocenters. The average Bonchev–Trinajstić information content (AvgIpc) is 3.33. The van der Waals surface area contributed by atoms with Gasteiger partial charge in [-0.25, -0.2) is 14.6 Å². The van der Waals surface area contributed by atoms with Crippen LogP contribution in [-0.4, -0.2) is 49.6 Å². The molecule has 0 unspecified atom stereocenters. The van der Waals surface area contributed by atoms with Crippen LogP contribution in [0.2, 0.25) is 0 Å². The van der Waals surface area contributed by atoms with Crippen LogP contribution in [-0.2, 0) is 11.3 Å². The second-order valence-corrected chi connectivity index (χ2v) is 9.28. The minimum Gasteiger partial charge on any atom is -0.383 e. The molecule has 1 fully saturated rings. The number of hydrogen-bond donors (Lipinski definition) is 2. The molecule has 0 aliphatic carbocycles.